The van der Waals surface area contributed by atoms with Crippen molar-refractivity contribution >= 4 is 16.9 Å². The number of H-pyrrole nitrogens is 1. The van der Waals surface area contributed by atoms with Gasteiger partial charge in [-0.2, -0.15) is 0 Å². The molecule has 1 fully saturated rings. The highest BCUT2D eigenvalue weighted by Crippen LogP contribution is 2.34. The number of aromatic amines is 1. The number of nitrogens with zero attached hydrogens (tertiary/aromatic N) is 2. The fraction of sp³-hybridized carbons (Fsp3) is 0.286. The second kappa shape index (κ2) is 8.95. The smallest absolute Gasteiger partial charge is 0.341 e. The Balaban J connectivity index is 1.49. The minimum Gasteiger partial charge on any atom is -0.477 e. The number of aromatic nitrogens is 2. The van der Waals surface area contributed by atoms with Crippen molar-refractivity contribution in [1.29, 1.82) is 0 Å². The molecule has 174 valence electrons. The highest BCUT2D eigenvalue weighted by Gasteiger charge is 2.26. The Kier molecular flexibility index (Phi) is 5.84. The molecule has 0 spiro atoms. The number of aromatic carboxylic acids is 1. The number of carboxylic acid groups (broad SMARTS) is 1. The third-order valence-electron chi connectivity index (χ3n) is 7.08. The SMILES string of the molecule is CCc1cc(C(=O)O)c(=O)[nH]c1-c1ccc2c(c1)cc(CN1CCCC1c1ccccc1)n2C. The van der Waals surface area contributed by atoms with Gasteiger partial charge >= 0.3 is 5.97 Å². The molecule has 34 heavy (non-hydrogen) atoms. The highest BCUT2D eigenvalue weighted by atomic mass is 16.4. The van der Waals surface area contributed by atoms with Crippen molar-refractivity contribution < 1.29 is 9.90 Å². The summed E-state index contributed by atoms with van der Waals surface area (Å²) in [6, 6.07) is 21.1. The van der Waals surface area contributed by atoms with Crippen molar-refractivity contribution in [3.63, 3.8) is 0 Å². The Hall–Kier alpha value is -3.64. The van der Waals surface area contributed by atoms with Crippen LogP contribution in [0.1, 0.15) is 53.0 Å². The monoisotopic (exact) mass is 455 g/mol. The summed E-state index contributed by atoms with van der Waals surface area (Å²) in [5.74, 6) is -1.21. The van der Waals surface area contributed by atoms with E-state index in [9.17, 15) is 14.7 Å². The van der Waals surface area contributed by atoms with Crippen LogP contribution in [-0.2, 0) is 20.0 Å². The van der Waals surface area contributed by atoms with Crippen LogP contribution >= 0.6 is 0 Å². The van der Waals surface area contributed by atoms with Gasteiger partial charge in [-0.05, 0) is 66.8 Å². The predicted molar refractivity (Wildman–Crippen MR) is 134 cm³/mol. The number of carbonyl (C=O) groups is 1. The van der Waals surface area contributed by atoms with Crippen LogP contribution in [-0.4, -0.2) is 32.1 Å². The van der Waals surface area contributed by atoms with Gasteiger partial charge in [0.15, 0.2) is 0 Å². The van der Waals surface area contributed by atoms with E-state index >= 15 is 0 Å². The van der Waals surface area contributed by atoms with Gasteiger partial charge in [-0.25, -0.2) is 4.79 Å². The molecule has 6 nitrogen and oxygen atoms in total. The summed E-state index contributed by atoms with van der Waals surface area (Å²) in [5, 5.41) is 10.4. The molecule has 3 heterocycles. The largest absolute Gasteiger partial charge is 0.477 e. The maximum Gasteiger partial charge on any atom is 0.341 e. The maximum absolute atomic E-state index is 12.3. The van der Waals surface area contributed by atoms with Crippen LogP contribution in [0.4, 0.5) is 0 Å². The molecule has 1 saturated heterocycles. The van der Waals surface area contributed by atoms with Gasteiger partial charge in [0.2, 0.25) is 0 Å². The molecule has 1 aliphatic rings. The van der Waals surface area contributed by atoms with Gasteiger partial charge in [0, 0.05) is 36.2 Å². The Bertz CT molecular complexity index is 1420. The number of nitrogens with one attached hydrogen (secondary N) is 1. The summed E-state index contributed by atoms with van der Waals surface area (Å²) >= 11 is 0. The van der Waals surface area contributed by atoms with Crippen molar-refractivity contribution in [2.24, 2.45) is 7.05 Å². The average molecular weight is 456 g/mol. The first kappa shape index (κ1) is 22.2. The number of carboxylic acids is 1. The number of benzene rings is 2. The molecule has 1 aliphatic heterocycles. The zero-order chi connectivity index (χ0) is 23.8. The molecular formula is C28H29N3O3. The standard InChI is InChI=1S/C28H29N3O3/c1-3-18-16-23(28(33)34)27(32)29-26(18)20-11-12-24-21(14-20)15-22(30(24)2)17-31-13-7-10-25(31)19-8-5-4-6-9-19/h4-6,8-9,11-12,14-16,25H,3,7,10,13,17H2,1-2H3,(H,29,32)(H,33,34). The molecule has 0 aliphatic carbocycles. The van der Waals surface area contributed by atoms with Gasteiger partial charge in [0.05, 0.1) is 5.69 Å². The molecule has 6 heteroatoms. The summed E-state index contributed by atoms with van der Waals surface area (Å²) in [6.45, 7) is 3.93. The zero-order valence-electron chi connectivity index (χ0n) is 19.5. The molecule has 0 bridgehead atoms. The molecule has 0 amide bonds. The minimum absolute atomic E-state index is 0.220. The average Bonchev–Trinajstić information content (AvgIpc) is 3.43. The van der Waals surface area contributed by atoms with Crippen LogP contribution in [0.15, 0.2) is 65.5 Å². The van der Waals surface area contributed by atoms with E-state index < -0.39 is 11.5 Å². The van der Waals surface area contributed by atoms with Crippen molar-refractivity contribution in [1.82, 2.24) is 14.5 Å². The molecule has 0 saturated carbocycles. The second-order valence-corrected chi connectivity index (χ2v) is 9.08. The lowest BCUT2D eigenvalue weighted by molar-refractivity contribution is 0.0695. The number of aryl methyl sites for hydroxylation is 2. The summed E-state index contributed by atoms with van der Waals surface area (Å²) in [5.41, 5.74) is 5.36. The van der Waals surface area contributed by atoms with Gasteiger partial charge in [0.1, 0.15) is 5.56 Å². The van der Waals surface area contributed by atoms with E-state index in [0.29, 0.717) is 18.2 Å². The van der Waals surface area contributed by atoms with Crippen LogP contribution in [0.25, 0.3) is 22.2 Å². The normalized spacial score (nSPS) is 16.4. The highest BCUT2D eigenvalue weighted by molar-refractivity contribution is 5.89. The van der Waals surface area contributed by atoms with E-state index in [2.05, 4.69) is 70.0 Å². The van der Waals surface area contributed by atoms with Crippen molar-refractivity contribution in [3.05, 3.63) is 93.4 Å². The lowest BCUT2D eigenvalue weighted by atomic mass is 10.0. The third-order valence-corrected chi connectivity index (χ3v) is 7.08. The van der Waals surface area contributed by atoms with E-state index in [-0.39, 0.29) is 5.56 Å². The van der Waals surface area contributed by atoms with Crippen LogP contribution < -0.4 is 5.56 Å². The number of likely N-dealkylation sites (tertiary alicyclic amines) is 1. The van der Waals surface area contributed by atoms with Crippen LogP contribution in [0.2, 0.25) is 0 Å². The summed E-state index contributed by atoms with van der Waals surface area (Å²) in [7, 11) is 2.10. The van der Waals surface area contributed by atoms with E-state index in [4.69, 9.17) is 0 Å². The summed E-state index contributed by atoms with van der Waals surface area (Å²) in [6.07, 6.45) is 3.01. The molecule has 2 aromatic carbocycles. The first-order valence-electron chi connectivity index (χ1n) is 11.8. The molecular weight excluding hydrogens is 426 g/mol. The first-order valence-corrected chi connectivity index (χ1v) is 11.8. The lowest BCUT2D eigenvalue weighted by Crippen LogP contribution is -2.23. The van der Waals surface area contributed by atoms with Crippen LogP contribution in [0, 0.1) is 0 Å². The van der Waals surface area contributed by atoms with Crippen molar-refractivity contribution in [2.45, 2.75) is 38.8 Å². The van der Waals surface area contributed by atoms with Gasteiger partial charge in [-0.15, -0.1) is 0 Å². The molecule has 0 radical (unpaired) electrons. The zero-order valence-corrected chi connectivity index (χ0v) is 19.5. The lowest BCUT2D eigenvalue weighted by Gasteiger charge is -2.25. The van der Waals surface area contributed by atoms with Gasteiger partial charge < -0.3 is 14.7 Å². The van der Waals surface area contributed by atoms with Gasteiger partial charge in [0.25, 0.3) is 5.56 Å². The summed E-state index contributed by atoms with van der Waals surface area (Å²) in [4.78, 5) is 29.1. The van der Waals surface area contributed by atoms with Gasteiger partial charge in [-0.3, -0.25) is 9.69 Å². The number of hydrogen-bond acceptors (Lipinski definition) is 3. The number of pyridine rings is 1. The van der Waals surface area contributed by atoms with E-state index in [1.54, 1.807) is 0 Å². The van der Waals surface area contributed by atoms with Gasteiger partial charge in [-0.1, -0.05) is 43.3 Å². The van der Waals surface area contributed by atoms with Crippen molar-refractivity contribution in [3.8, 4) is 11.3 Å². The van der Waals surface area contributed by atoms with Crippen LogP contribution in [0.3, 0.4) is 0 Å². The molecule has 2 N–H and O–H groups in total. The molecule has 1 atom stereocenters. The van der Waals surface area contributed by atoms with Crippen molar-refractivity contribution in [2.75, 3.05) is 6.54 Å². The predicted octanol–water partition coefficient (Wildman–Crippen LogP) is 5.13. The Morgan fingerprint density at radius 1 is 1.12 bits per heavy atom. The molecule has 2 aromatic heterocycles. The minimum atomic E-state index is -1.21. The van der Waals surface area contributed by atoms with Crippen LogP contribution in [0.5, 0.6) is 0 Å². The Labute approximate surface area is 198 Å². The molecule has 4 aromatic rings. The number of hydrogen-bond donors (Lipinski definition) is 2. The molecule has 1 unspecified atom stereocenters. The van der Waals surface area contributed by atoms with E-state index in [0.717, 1.165) is 35.1 Å². The Morgan fingerprint density at radius 2 is 1.91 bits per heavy atom. The topological polar surface area (TPSA) is 78.3 Å². The molecule has 5 rings (SSSR count). The second-order valence-electron chi connectivity index (χ2n) is 9.08. The summed E-state index contributed by atoms with van der Waals surface area (Å²) < 4.78 is 2.25. The third kappa shape index (κ3) is 3.94. The number of fused-ring (bicyclic) bond motifs is 1. The maximum atomic E-state index is 12.3. The Morgan fingerprint density at radius 3 is 2.65 bits per heavy atom. The van der Waals surface area contributed by atoms with E-state index in [1.165, 1.54) is 30.2 Å². The first-order chi connectivity index (χ1) is 16.5. The fourth-order valence-corrected chi connectivity index (χ4v) is 5.26. The quantitative estimate of drug-likeness (QED) is 0.422. The van der Waals surface area contributed by atoms with E-state index in [1.807, 2.05) is 13.0 Å². The fourth-order valence-electron chi connectivity index (χ4n) is 5.26. The number of rotatable bonds is 6.